The van der Waals surface area contributed by atoms with Crippen LogP contribution in [0, 0.1) is 11.8 Å². The first-order chi connectivity index (χ1) is 14.8. The number of hydrogen-bond donors (Lipinski definition) is 1. The molecule has 1 atom stereocenters. The van der Waals surface area contributed by atoms with Gasteiger partial charge in [0.25, 0.3) is 0 Å². The van der Waals surface area contributed by atoms with Crippen molar-refractivity contribution in [3.63, 3.8) is 0 Å². The Morgan fingerprint density at radius 1 is 0.600 bits per heavy atom. The van der Waals surface area contributed by atoms with Gasteiger partial charge in [-0.05, 0) is 42.0 Å². The molecular weight excluding hydrogens is 385 g/mol. The minimum atomic E-state index is -3.12. The van der Waals surface area contributed by atoms with Crippen LogP contribution in [0.1, 0.15) is 17.2 Å². The Kier molecular flexibility index (Phi) is 6.26. The van der Waals surface area contributed by atoms with Crippen LogP contribution in [0.2, 0.25) is 0 Å². The standard InChI is InChI=1S/C27H22NOP/c29-30(25-17-9-3-10-18-25,26-19-11-4-12-20-26)28-27(24-15-7-2-8-16-24)22-21-23-13-5-1-6-14-23/h1-20,27H,(H,28,29)/t27-/m0/s1. The molecule has 4 rings (SSSR count). The lowest BCUT2D eigenvalue weighted by atomic mass is 10.1. The molecule has 4 aromatic rings. The largest absolute Gasteiger partial charge is 0.296 e. The molecule has 0 amide bonds. The van der Waals surface area contributed by atoms with Gasteiger partial charge in [-0.1, -0.05) is 96.8 Å². The molecule has 0 aliphatic rings. The van der Waals surface area contributed by atoms with Crippen LogP contribution in [0.5, 0.6) is 0 Å². The van der Waals surface area contributed by atoms with Crippen molar-refractivity contribution in [2.45, 2.75) is 6.04 Å². The molecule has 1 N–H and O–H groups in total. The van der Waals surface area contributed by atoms with Gasteiger partial charge >= 0.3 is 0 Å². The molecule has 0 fully saturated rings. The maximum Gasteiger partial charge on any atom is 0.205 e. The Morgan fingerprint density at radius 3 is 1.53 bits per heavy atom. The highest BCUT2D eigenvalue weighted by Gasteiger charge is 2.30. The fourth-order valence-electron chi connectivity index (χ4n) is 3.27. The highest BCUT2D eigenvalue weighted by molar-refractivity contribution is 7.76. The van der Waals surface area contributed by atoms with Crippen LogP contribution in [0.3, 0.4) is 0 Å². The molecule has 0 aliphatic heterocycles. The predicted molar refractivity (Wildman–Crippen MR) is 125 cm³/mol. The van der Waals surface area contributed by atoms with E-state index in [1.165, 1.54) is 0 Å². The van der Waals surface area contributed by atoms with E-state index in [1.54, 1.807) is 0 Å². The number of nitrogens with one attached hydrogen (secondary N) is 1. The molecule has 0 spiro atoms. The van der Waals surface area contributed by atoms with Crippen molar-refractivity contribution >= 4 is 17.9 Å². The fraction of sp³-hybridized carbons (Fsp3) is 0.0370. The highest BCUT2D eigenvalue weighted by atomic mass is 31.2. The molecule has 0 radical (unpaired) electrons. The van der Waals surface area contributed by atoms with Crippen molar-refractivity contribution in [3.8, 4) is 11.8 Å². The molecule has 146 valence electrons. The molecule has 0 saturated heterocycles. The summed E-state index contributed by atoms with van der Waals surface area (Å²) in [5.41, 5.74) is 1.91. The molecule has 0 aromatic heterocycles. The second-order valence-corrected chi connectivity index (χ2v) is 9.40. The quantitative estimate of drug-likeness (QED) is 0.359. The summed E-state index contributed by atoms with van der Waals surface area (Å²) in [6.07, 6.45) is 0. The Bertz CT molecular complexity index is 1140. The molecule has 30 heavy (non-hydrogen) atoms. The second-order valence-electron chi connectivity index (χ2n) is 6.89. The molecule has 3 heteroatoms. The lowest BCUT2D eigenvalue weighted by Crippen LogP contribution is -2.30. The Hall–Kier alpha value is -3.37. The van der Waals surface area contributed by atoms with E-state index >= 15 is 0 Å². The smallest absolute Gasteiger partial charge is 0.205 e. The SMILES string of the molecule is O=P(N[C@@H](C#Cc1ccccc1)c1ccccc1)(c1ccccc1)c1ccccc1. The zero-order chi connectivity index (χ0) is 20.7. The van der Waals surface area contributed by atoms with E-state index < -0.39 is 13.3 Å². The van der Waals surface area contributed by atoms with Crippen LogP contribution in [-0.4, -0.2) is 0 Å². The van der Waals surface area contributed by atoms with Crippen molar-refractivity contribution in [1.82, 2.24) is 5.09 Å². The van der Waals surface area contributed by atoms with Crippen molar-refractivity contribution < 1.29 is 4.57 Å². The summed E-state index contributed by atoms with van der Waals surface area (Å²) in [5, 5.41) is 4.96. The van der Waals surface area contributed by atoms with E-state index in [1.807, 2.05) is 121 Å². The summed E-state index contributed by atoms with van der Waals surface area (Å²) >= 11 is 0. The molecular formula is C27H22NOP. The van der Waals surface area contributed by atoms with Crippen LogP contribution in [-0.2, 0) is 4.57 Å². The third-order valence-corrected chi connectivity index (χ3v) is 7.49. The van der Waals surface area contributed by atoms with Crippen molar-refractivity contribution in [1.29, 1.82) is 0 Å². The van der Waals surface area contributed by atoms with Crippen LogP contribution >= 0.6 is 7.29 Å². The highest BCUT2D eigenvalue weighted by Crippen LogP contribution is 2.41. The summed E-state index contributed by atoms with van der Waals surface area (Å²) in [7, 11) is -3.12. The zero-order valence-corrected chi connectivity index (χ0v) is 17.4. The molecule has 2 nitrogen and oxygen atoms in total. The van der Waals surface area contributed by atoms with E-state index in [9.17, 15) is 4.57 Å². The average molecular weight is 407 g/mol. The van der Waals surface area contributed by atoms with Gasteiger partial charge in [-0.15, -0.1) is 0 Å². The number of benzene rings is 4. The molecule has 0 heterocycles. The van der Waals surface area contributed by atoms with Crippen LogP contribution in [0.25, 0.3) is 0 Å². The maximum absolute atomic E-state index is 14.4. The van der Waals surface area contributed by atoms with Crippen LogP contribution < -0.4 is 15.7 Å². The number of hydrogen-bond acceptors (Lipinski definition) is 1. The van der Waals surface area contributed by atoms with Gasteiger partial charge in [0.1, 0.15) is 6.04 Å². The van der Waals surface area contributed by atoms with Crippen molar-refractivity contribution in [2.75, 3.05) is 0 Å². The topological polar surface area (TPSA) is 29.1 Å². The van der Waals surface area contributed by atoms with E-state index in [4.69, 9.17) is 0 Å². The van der Waals surface area contributed by atoms with Gasteiger partial charge in [0, 0.05) is 16.2 Å². The van der Waals surface area contributed by atoms with Crippen molar-refractivity contribution in [2.24, 2.45) is 0 Å². The maximum atomic E-state index is 14.4. The molecule has 0 aliphatic carbocycles. The monoisotopic (exact) mass is 407 g/mol. The van der Waals surface area contributed by atoms with E-state index in [2.05, 4.69) is 16.9 Å². The lowest BCUT2D eigenvalue weighted by molar-refractivity contribution is 0.574. The molecule has 4 aromatic carbocycles. The Balaban J connectivity index is 1.79. The third kappa shape index (κ3) is 4.61. The summed E-state index contributed by atoms with van der Waals surface area (Å²) < 4.78 is 14.4. The van der Waals surface area contributed by atoms with Gasteiger partial charge in [0.15, 0.2) is 0 Å². The zero-order valence-electron chi connectivity index (χ0n) is 16.5. The van der Waals surface area contributed by atoms with Crippen LogP contribution in [0.15, 0.2) is 121 Å². The summed E-state index contributed by atoms with van der Waals surface area (Å²) in [4.78, 5) is 0. The molecule has 0 bridgehead atoms. The lowest BCUT2D eigenvalue weighted by Gasteiger charge is -2.24. The first-order valence-corrected chi connectivity index (χ1v) is 11.6. The summed E-state index contributed by atoms with van der Waals surface area (Å²) in [6, 6.07) is 38.6. The van der Waals surface area contributed by atoms with Gasteiger partial charge in [-0.2, -0.15) is 0 Å². The van der Waals surface area contributed by atoms with Gasteiger partial charge in [0.2, 0.25) is 7.29 Å². The number of rotatable bonds is 5. The van der Waals surface area contributed by atoms with E-state index in [-0.39, 0.29) is 0 Å². The summed E-state index contributed by atoms with van der Waals surface area (Å²) in [5.74, 6) is 6.55. The fourth-order valence-corrected chi connectivity index (χ4v) is 5.63. The van der Waals surface area contributed by atoms with Gasteiger partial charge < -0.3 is 0 Å². The minimum absolute atomic E-state index is 0.391. The Labute approximate surface area is 178 Å². The van der Waals surface area contributed by atoms with Crippen LogP contribution in [0.4, 0.5) is 0 Å². The molecule has 0 saturated carbocycles. The first kappa shape index (κ1) is 19.9. The van der Waals surface area contributed by atoms with Gasteiger partial charge in [-0.25, -0.2) is 5.09 Å². The summed E-state index contributed by atoms with van der Waals surface area (Å²) in [6.45, 7) is 0. The normalized spacial score (nSPS) is 11.9. The minimum Gasteiger partial charge on any atom is -0.296 e. The predicted octanol–water partition coefficient (Wildman–Crippen LogP) is 5.30. The second kappa shape index (κ2) is 9.42. The van der Waals surface area contributed by atoms with E-state index in [0.29, 0.717) is 0 Å². The Morgan fingerprint density at radius 2 is 1.03 bits per heavy atom. The average Bonchev–Trinajstić information content (AvgIpc) is 2.84. The van der Waals surface area contributed by atoms with Gasteiger partial charge in [0.05, 0.1) is 0 Å². The van der Waals surface area contributed by atoms with Gasteiger partial charge in [-0.3, -0.25) is 4.57 Å². The van der Waals surface area contributed by atoms with Crippen molar-refractivity contribution in [3.05, 3.63) is 132 Å². The third-order valence-electron chi connectivity index (χ3n) is 4.82. The van der Waals surface area contributed by atoms with E-state index in [0.717, 1.165) is 21.7 Å². The first-order valence-electron chi connectivity index (χ1n) is 9.86. The molecule has 0 unspecified atom stereocenters.